The number of sulfonamides is 1. The maximum Gasteiger partial charge on any atom is 0.269 e. The first kappa shape index (κ1) is 13.0. The molecule has 6 nitrogen and oxygen atoms in total. The summed E-state index contributed by atoms with van der Waals surface area (Å²) >= 11 is 0. The van der Waals surface area contributed by atoms with Gasteiger partial charge in [-0.1, -0.05) is 13.8 Å². The van der Waals surface area contributed by atoms with Crippen LogP contribution in [0.15, 0.2) is 29.2 Å². The topological polar surface area (TPSA) is 80.3 Å². The molecule has 0 radical (unpaired) electrons. The molecule has 0 spiro atoms. The number of nitro benzene ring substituents is 1. The third kappa shape index (κ3) is 2.23. The van der Waals surface area contributed by atoms with Crippen LogP contribution in [0.2, 0.25) is 0 Å². The van der Waals surface area contributed by atoms with E-state index in [0.717, 1.165) is 0 Å². The lowest BCUT2D eigenvalue weighted by molar-refractivity contribution is -0.384. The van der Waals surface area contributed by atoms with Crippen LogP contribution >= 0.6 is 0 Å². The fourth-order valence-electron chi connectivity index (χ4n) is 1.83. The van der Waals surface area contributed by atoms with Gasteiger partial charge in [-0.3, -0.25) is 10.1 Å². The zero-order chi connectivity index (χ0) is 13.5. The predicted octanol–water partition coefficient (Wildman–Crippen LogP) is 1.62. The fourth-order valence-corrected chi connectivity index (χ4v) is 3.53. The van der Waals surface area contributed by atoms with Gasteiger partial charge in [0.25, 0.3) is 5.69 Å². The normalized spacial score (nSPS) is 23.1. The van der Waals surface area contributed by atoms with Crippen molar-refractivity contribution in [2.75, 3.05) is 6.54 Å². The highest BCUT2D eigenvalue weighted by molar-refractivity contribution is 7.89. The van der Waals surface area contributed by atoms with Crippen LogP contribution in [-0.2, 0) is 10.0 Å². The highest BCUT2D eigenvalue weighted by Gasteiger charge is 2.46. The quantitative estimate of drug-likeness (QED) is 0.473. The molecule has 1 saturated heterocycles. The maximum absolute atomic E-state index is 12.1. The number of benzene rings is 1. The lowest BCUT2D eigenvalue weighted by atomic mass is 10.1. The van der Waals surface area contributed by atoms with Crippen LogP contribution in [-0.4, -0.2) is 30.2 Å². The minimum Gasteiger partial charge on any atom is -0.258 e. The van der Waals surface area contributed by atoms with Crippen molar-refractivity contribution < 1.29 is 13.3 Å². The SMILES string of the molecule is CC(C)[C@H]1CN1S(=O)(=O)c1ccc([N+](=O)[O-])cc1. The Bertz CT molecular complexity index is 565. The molecule has 1 fully saturated rings. The van der Waals surface area contributed by atoms with E-state index in [-0.39, 0.29) is 22.5 Å². The van der Waals surface area contributed by atoms with Crippen LogP contribution in [0.4, 0.5) is 5.69 Å². The van der Waals surface area contributed by atoms with Gasteiger partial charge >= 0.3 is 0 Å². The minimum atomic E-state index is -3.49. The van der Waals surface area contributed by atoms with Crippen molar-refractivity contribution in [1.82, 2.24) is 4.31 Å². The van der Waals surface area contributed by atoms with Crippen molar-refractivity contribution in [3.8, 4) is 0 Å². The van der Waals surface area contributed by atoms with Crippen molar-refractivity contribution in [3.05, 3.63) is 34.4 Å². The van der Waals surface area contributed by atoms with Crippen molar-refractivity contribution in [2.45, 2.75) is 24.8 Å². The molecule has 0 bridgehead atoms. The Morgan fingerprint density at radius 2 is 1.89 bits per heavy atom. The summed E-state index contributed by atoms with van der Waals surface area (Å²) in [5.41, 5.74) is -0.111. The summed E-state index contributed by atoms with van der Waals surface area (Å²) < 4.78 is 25.7. The van der Waals surface area contributed by atoms with E-state index in [1.54, 1.807) is 0 Å². The summed E-state index contributed by atoms with van der Waals surface area (Å²) in [5.74, 6) is 0.276. The molecule has 2 atom stereocenters. The monoisotopic (exact) mass is 270 g/mol. The van der Waals surface area contributed by atoms with E-state index < -0.39 is 14.9 Å². The van der Waals surface area contributed by atoms with E-state index >= 15 is 0 Å². The summed E-state index contributed by atoms with van der Waals surface area (Å²) in [6, 6.07) is 5.03. The first-order chi connectivity index (χ1) is 8.34. The largest absolute Gasteiger partial charge is 0.269 e. The first-order valence-corrected chi connectivity index (χ1v) is 7.04. The molecule has 1 aromatic rings. The van der Waals surface area contributed by atoms with Crippen LogP contribution in [0.1, 0.15) is 13.8 Å². The number of nitrogens with zero attached hydrogens (tertiary/aromatic N) is 2. The zero-order valence-corrected chi connectivity index (χ0v) is 10.9. The van der Waals surface area contributed by atoms with Crippen molar-refractivity contribution in [2.24, 2.45) is 5.92 Å². The van der Waals surface area contributed by atoms with Gasteiger partial charge in [0, 0.05) is 24.7 Å². The van der Waals surface area contributed by atoms with Crippen molar-refractivity contribution in [3.63, 3.8) is 0 Å². The third-order valence-corrected chi connectivity index (χ3v) is 4.93. The number of rotatable bonds is 4. The third-order valence-electron chi connectivity index (χ3n) is 3.03. The highest BCUT2D eigenvalue weighted by Crippen LogP contribution is 2.33. The summed E-state index contributed by atoms with van der Waals surface area (Å²) in [4.78, 5) is 10.1. The van der Waals surface area contributed by atoms with Crippen LogP contribution in [0.5, 0.6) is 0 Å². The predicted molar refractivity (Wildman–Crippen MR) is 65.6 cm³/mol. The number of non-ortho nitro benzene ring substituents is 1. The van der Waals surface area contributed by atoms with Crippen molar-refractivity contribution in [1.29, 1.82) is 0 Å². The second-order valence-electron chi connectivity index (χ2n) is 4.64. The van der Waals surface area contributed by atoms with Gasteiger partial charge in [-0.25, -0.2) is 8.42 Å². The van der Waals surface area contributed by atoms with Gasteiger partial charge in [0.1, 0.15) is 0 Å². The Morgan fingerprint density at radius 1 is 1.33 bits per heavy atom. The van der Waals surface area contributed by atoms with Gasteiger partial charge in [0.05, 0.1) is 9.82 Å². The second kappa shape index (κ2) is 4.33. The Kier molecular flexibility index (Phi) is 3.12. The lowest BCUT2D eigenvalue weighted by Crippen LogP contribution is -2.17. The van der Waals surface area contributed by atoms with E-state index in [0.29, 0.717) is 6.54 Å². The molecule has 1 aromatic carbocycles. The Balaban J connectivity index is 2.24. The molecule has 0 amide bonds. The second-order valence-corrected chi connectivity index (χ2v) is 6.53. The summed E-state index contributed by atoms with van der Waals surface area (Å²) in [6.45, 7) is 4.46. The average Bonchev–Trinajstić information content (AvgIpc) is 3.09. The fraction of sp³-hybridized carbons (Fsp3) is 0.455. The van der Waals surface area contributed by atoms with Gasteiger partial charge in [-0.05, 0) is 18.1 Å². The standard InChI is InChI=1S/C11H14N2O4S/c1-8(2)11-7-12(11)18(16,17)10-5-3-9(4-6-10)13(14)15/h3-6,8,11H,7H2,1-2H3/t11-,12?/m1/s1. The number of hydrogen-bond donors (Lipinski definition) is 0. The number of hydrogen-bond acceptors (Lipinski definition) is 4. The molecule has 1 aliphatic rings. The molecule has 0 saturated carbocycles. The molecule has 2 rings (SSSR count). The van der Waals surface area contributed by atoms with Crippen LogP contribution in [0, 0.1) is 16.0 Å². The van der Waals surface area contributed by atoms with E-state index in [9.17, 15) is 18.5 Å². The Morgan fingerprint density at radius 3 is 2.28 bits per heavy atom. The molecule has 1 heterocycles. The number of nitro groups is 1. The Hall–Kier alpha value is -1.47. The summed E-state index contributed by atoms with van der Waals surface area (Å²) in [7, 11) is -3.49. The molecule has 0 N–H and O–H groups in total. The molecule has 1 aliphatic heterocycles. The molecule has 18 heavy (non-hydrogen) atoms. The van der Waals surface area contributed by atoms with Crippen molar-refractivity contribution >= 4 is 15.7 Å². The molecular formula is C11H14N2O4S. The molecule has 0 aromatic heterocycles. The van der Waals surface area contributed by atoms with Gasteiger partial charge in [0.2, 0.25) is 10.0 Å². The summed E-state index contributed by atoms with van der Waals surface area (Å²) in [5, 5.41) is 10.5. The van der Waals surface area contributed by atoms with Gasteiger partial charge in [0.15, 0.2) is 0 Å². The molecule has 98 valence electrons. The van der Waals surface area contributed by atoms with E-state index in [2.05, 4.69) is 0 Å². The average molecular weight is 270 g/mol. The minimum absolute atomic E-state index is 0.0465. The lowest BCUT2D eigenvalue weighted by Gasteiger charge is -2.07. The molecule has 0 aliphatic carbocycles. The Labute approximate surface area is 105 Å². The van der Waals surface area contributed by atoms with Crippen LogP contribution < -0.4 is 0 Å². The van der Waals surface area contributed by atoms with E-state index in [4.69, 9.17) is 0 Å². The van der Waals surface area contributed by atoms with E-state index in [1.165, 1.54) is 28.6 Å². The first-order valence-electron chi connectivity index (χ1n) is 5.60. The van der Waals surface area contributed by atoms with Crippen LogP contribution in [0.25, 0.3) is 0 Å². The highest BCUT2D eigenvalue weighted by atomic mass is 32.2. The summed E-state index contributed by atoms with van der Waals surface area (Å²) in [6.07, 6.45) is 0. The molecule has 7 heteroatoms. The smallest absolute Gasteiger partial charge is 0.258 e. The molecule has 1 unspecified atom stereocenters. The van der Waals surface area contributed by atoms with Gasteiger partial charge in [-0.2, -0.15) is 4.31 Å². The van der Waals surface area contributed by atoms with E-state index in [1.807, 2.05) is 13.8 Å². The molecular weight excluding hydrogens is 256 g/mol. The van der Waals surface area contributed by atoms with Gasteiger partial charge < -0.3 is 0 Å². The maximum atomic E-state index is 12.1. The van der Waals surface area contributed by atoms with Gasteiger partial charge in [-0.15, -0.1) is 0 Å². The zero-order valence-electron chi connectivity index (χ0n) is 10.1. The van der Waals surface area contributed by atoms with Crippen LogP contribution in [0.3, 0.4) is 0 Å².